The van der Waals surface area contributed by atoms with Crippen molar-refractivity contribution in [2.45, 2.75) is 39.5 Å². The number of rotatable bonds is 7. The molecule has 1 aromatic carbocycles. The minimum absolute atomic E-state index is 0.0617. The summed E-state index contributed by atoms with van der Waals surface area (Å²) in [4.78, 5) is 12.7. The number of Topliss-reactive ketones (excluding diaryl/α,β-unsaturated/α-hetero) is 1. The summed E-state index contributed by atoms with van der Waals surface area (Å²) in [7, 11) is 0. The van der Waals surface area contributed by atoms with E-state index in [1.165, 1.54) is 11.2 Å². The molecule has 0 spiro atoms. The zero-order chi connectivity index (χ0) is 19.3. The van der Waals surface area contributed by atoms with Gasteiger partial charge in [0.25, 0.3) is 0 Å². The molecule has 138 valence electrons. The van der Waals surface area contributed by atoms with Gasteiger partial charge in [0.1, 0.15) is 11.6 Å². The Kier molecular flexibility index (Phi) is 6.86. The molecule has 1 aliphatic rings. The molecule has 0 aromatic heterocycles. The van der Waals surface area contributed by atoms with E-state index in [1.54, 1.807) is 12.2 Å². The average molecular weight is 379 g/mol. The number of halogens is 3. The van der Waals surface area contributed by atoms with Gasteiger partial charge in [0.15, 0.2) is 5.78 Å². The predicted octanol–water partition coefficient (Wildman–Crippen LogP) is 5.87. The van der Waals surface area contributed by atoms with Crippen molar-refractivity contribution in [3.63, 3.8) is 0 Å². The van der Waals surface area contributed by atoms with Crippen molar-refractivity contribution in [3.8, 4) is 0 Å². The third-order valence-electron chi connectivity index (χ3n) is 3.91. The van der Waals surface area contributed by atoms with E-state index in [4.69, 9.17) is 11.6 Å². The quantitative estimate of drug-likeness (QED) is 0.439. The van der Waals surface area contributed by atoms with E-state index >= 15 is 0 Å². The number of nitrogens with zero attached hydrogens (tertiary/aromatic N) is 2. The van der Waals surface area contributed by atoms with Crippen LogP contribution in [0.1, 0.15) is 45.1 Å². The first kappa shape index (κ1) is 20.0. The first-order valence-corrected chi connectivity index (χ1v) is 8.89. The molecule has 0 N–H and O–H groups in total. The van der Waals surface area contributed by atoms with Gasteiger partial charge in [-0.25, -0.2) is 13.8 Å². The number of benzene rings is 1. The third kappa shape index (κ3) is 4.28. The fraction of sp³-hybridized carbons (Fsp3) is 0.300. The first-order chi connectivity index (χ1) is 12.4. The molecule has 0 aliphatic carbocycles. The Morgan fingerprint density at radius 2 is 1.88 bits per heavy atom. The van der Waals surface area contributed by atoms with Gasteiger partial charge in [-0.05, 0) is 37.1 Å². The SMILES string of the molecule is C=C1C=CC=NN1/C(=C(\CCC)C(=O)CCC)c1cc(F)c(Cl)cc1F. The van der Waals surface area contributed by atoms with Gasteiger partial charge in [-0.3, -0.25) is 4.79 Å². The maximum Gasteiger partial charge on any atom is 0.161 e. The van der Waals surface area contributed by atoms with Crippen molar-refractivity contribution < 1.29 is 13.6 Å². The van der Waals surface area contributed by atoms with Crippen LogP contribution in [-0.2, 0) is 4.79 Å². The Labute approximate surface area is 157 Å². The third-order valence-corrected chi connectivity index (χ3v) is 4.19. The number of hydrogen-bond donors (Lipinski definition) is 0. The highest BCUT2D eigenvalue weighted by molar-refractivity contribution is 6.30. The molecule has 0 fully saturated rings. The van der Waals surface area contributed by atoms with E-state index in [0.29, 0.717) is 37.0 Å². The largest absolute Gasteiger partial charge is 0.294 e. The molecule has 26 heavy (non-hydrogen) atoms. The van der Waals surface area contributed by atoms with Crippen LogP contribution in [0.2, 0.25) is 5.02 Å². The summed E-state index contributed by atoms with van der Waals surface area (Å²) in [6, 6.07) is 1.91. The molecule has 6 heteroatoms. The van der Waals surface area contributed by atoms with Crippen LogP contribution in [0.25, 0.3) is 5.70 Å². The van der Waals surface area contributed by atoms with Gasteiger partial charge in [-0.15, -0.1) is 0 Å². The van der Waals surface area contributed by atoms with Crippen molar-refractivity contribution in [1.29, 1.82) is 0 Å². The monoisotopic (exact) mass is 378 g/mol. The lowest BCUT2D eigenvalue weighted by molar-refractivity contribution is -0.115. The van der Waals surface area contributed by atoms with Crippen molar-refractivity contribution in [2.75, 3.05) is 0 Å². The molecule has 0 amide bonds. The molecule has 0 radical (unpaired) electrons. The standard InChI is InChI=1S/C20H21ClF2N2O/c1-4-7-14(19(26)8-5-2)20(25-13(3)9-6-10-24-25)15-11-18(23)16(21)12-17(15)22/h6,9-12H,3-5,7-8H2,1-2H3/b20-14+. The van der Waals surface area contributed by atoms with Gasteiger partial charge in [-0.1, -0.05) is 38.4 Å². The molecular weight excluding hydrogens is 358 g/mol. The minimum Gasteiger partial charge on any atom is -0.294 e. The lowest BCUT2D eigenvalue weighted by Crippen LogP contribution is -2.21. The van der Waals surface area contributed by atoms with Gasteiger partial charge in [-0.2, -0.15) is 5.10 Å². The maximum absolute atomic E-state index is 14.7. The molecule has 3 nitrogen and oxygen atoms in total. The smallest absolute Gasteiger partial charge is 0.161 e. The van der Waals surface area contributed by atoms with Gasteiger partial charge in [0.05, 0.1) is 16.4 Å². The lowest BCUT2D eigenvalue weighted by Gasteiger charge is -2.27. The average Bonchev–Trinajstić information content (AvgIpc) is 2.60. The van der Waals surface area contributed by atoms with E-state index in [2.05, 4.69) is 11.7 Å². The topological polar surface area (TPSA) is 32.7 Å². The Hall–Kier alpha value is -2.27. The number of carbonyl (C=O) groups is 1. The van der Waals surface area contributed by atoms with Crippen LogP contribution in [0.3, 0.4) is 0 Å². The summed E-state index contributed by atoms with van der Waals surface area (Å²) >= 11 is 5.69. The second-order valence-corrected chi connectivity index (χ2v) is 6.33. The molecule has 0 saturated carbocycles. The van der Waals surface area contributed by atoms with Crippen LogP contribution in [0.4, 0.5) is 8.78 Å². The number of carbonyl (C=O) groups excluding carboxylic acids is 1. The lowest BCUT2D eigenvalue weighted by atomic mass is 9.95. The highest BCUT2D eigenvalue weighted by Crippen LogP contribution is 2.34. The van der Waals surface area contributed by atoms with Crippen LogP contribution in [0, 0.1) is 11.6 Å². The van der Waals surface area contributed by atoms with Crippen LogP contribution < -0.4 is 0 Å². The number of allylic oxidation sites excluding steroid dienone is 3. The van der Waals surface area contributed by atoms with Crippen LogP contribution in [0.5, 0.6) is 0 Å². The van der Waals surface area contributed by atoms with Crippen LogP contribution >= 0.6 is 11.6 Å². The molecule has 0 bridgehead atoms. The highest BCUT2D eigenvalue weighted by Gasteiger charge is 2.26. The maximum atomic E-state index is 14.7. The van der Waals surface area contributed by atoms with Crippen molar-refractivity contribution >= 4 is 29.3 Å². The van der Waals surface area contributed by atoms with E-state index < -0.39 is 11.6 Å². The number of hydrogen-bond acceptors (Lipinski definition) is 3. The summed E-state index contributed by atoms with van der Waals surface area (Å²) in [6.07, 6.45) is 6.93. The molecule has 1 aliphatic heterocycles. The zero-order valence-electron chi connectivity index (χ0n) is 14.9. The number of ketones is 1. The van der Waals surface area contributed by atoms with E-state index in [9.17, 15) is 13.6 Å². The van der Waals surface area contributed by atoms with E-state index in [-0.39, 0.29) is 22.1 Å². The number of hydrazone groups is 1. The summed E-state index contributed by atoms with van der Waals surface area (Å²) in [5.74, 6) is -1.60. The Balaban J connectivity index is 2.77. The molecule has 0 unspecified atom stereocenters. The molecule has 1 aromatic rings. The van der Waals surface area contributed by atoms with Crippen molar-refractivity contribution in [2.24, 2.45) is 5.10 Å². The fourth-order valence-electron chi connectivity index (χ4n) is 2.73. The molecule has 0 saturated heterocycles. The predicted molar refractivity (Wildman–Crippen MR) is 102 cm³/mol. The summed E-state index contributed by atoms with van der Waals surface area (Å²) < 4.78 is 28.8. The second-order valence-electron chi connectivity index (χ2n) is 5.92. The highest BCUT2D eigenvalue weighted by atomic mass is 35.5. The molecule has 1 heterocycles. The Bertz CT molecular complexity index is 812. The normalized spacial score (nSPS) is 14.7. The van der Waals surface area contributed by atoms with E-state index in [0.717, 1.165) is 12.1 Å². The molecule has 2 rings (SSSR count). The second kappa shape index (κ2) is 8.90. The molecule has 0 atom stereocenters. The van der Waals surface area contributed by atoms with Gasteiger partial charge >= 0.3 is 0 Å². The first-order valence-electron chi connectivity index (χ1n) is 8.51. The van der Waals surface area contributed by atoms with E-state index in [1.807, 2.05) is 13.8 Å². The van der Waals surface area contributed by atoms with Gasteiger partial charge < -0.3 is 0 Å². The molecular formula is C20H21ClF2N2O. The summed E-state index contributed by atoms with van der Waals surface area (Å²) in [5.41, 5.74) is 1.01. The summed E-state index contributed by atoms with van der Waals surface area (Å²) in [5, 5.41) is 5.28. The van der Waals surface area contributed by atoms with Crippen LogP contribution in [0.15, 0.2) is 47.2 Å². The minimum atomic E-state index is -0.763. The van der Waals surface area contributed by atoms with Crippen LogP contribution in [-0.4, -0.2) is 17.0 Å². The summed E-state index contributed by atoms with van der Waals surface area (Å²) in [6.45, 7) is 7.71. The van der Waals surface area contributed by atoms with Crippen molar-refractivity contribution in [3.05, 3.63) is 64.4 Å². The fourth-order valence-corrected chi connectivity index (χ4v) is 2.88. The Morgan fingerprint density at radius 3 is 2.50 bits per heavy atom. The van der Waals surface area contributed by atoms with Gasteiger partial charge in [0, 0.05) is 23.8 Å². The van der Waals surface area contributed by atoms with Crippen molar-refractivity contribution in [1.82, 2.24) is 5.01 Å². The Morgan fingerprint density at radius 1 is 1.19 bits per heavy atom. The zero-order valence-corrected chi connectivity index (χ0v) is 15.6. The van der Waals surface area contributed by atoms with Gasteiger partial charge in [0.2, 0.25) is 0 Å².